The lowest BCUT2D eigenvalue weighted by atomic mass is 10.1. The van der Waals surface area contributed by atoms with Gasteiger partial charge in [-0.1, -0.05) is 29.3 Å². The van der Waals surface area contributed by atoms with E-state index in [-0.39, 0.29) is 6.10 Å². The summed E-state index contributed by atoms with van der Waals surface area (Å²) in [5.41, 5.74) is 3.18. The van der Waals surface area contributed by atoms with Crippen molar-refractivity contribution < 1.29 is 8.95 Å². The van der Waals surface area contributed by atoms with Gasteiger partial charge in [0.1, 0.15) is 11.9 Å². The first-order chi connectivity index (χ1) is 15.7. The molecule has 10 heteroatoms. The third kappa shape index (κ3) is 5.71. The summed E-state index contributed by atoms with van der Waals surface area (Å²) in [7, 11) is -2.25. The van der Waals surface area contributed by atoms with Crippen molar-refractivity contribution in [3.8, 4) is 5.75 Å². The number of pyridine rings is 2. The normalized spacial score (nSPS) is 12.9. The number of hydrogen-bond donors (Lipinski definition) is 1. The summed E-state index contributed by atoms with van der Waals surface area (Å²) in [5, 5.41) is 9.22. The molecule has 0 fully saturated rings. The second-order valence-electron chi connectivity index (χ2n) is 7.65. The zero-order chi connectivity index (χ0) is 23.6. The average Bonchev–Trinajstić information content (AvgIpc) is 3.14. The van der Waals surface area contributed by atoms with Crippen LogP contribution >= 0.6 is 23.2 Å². The van der Waals surface area contributed by atoms with Crippen LogP contribution in [0.1, 0.15) is 29.8 Å². The van der Waals surface area contributed by atoms with E-state index < -0.39 is 9.73 Å². The lowest BCUT2D eigenvalue weighted by Crippen LogP contribution is -2.05. The minimum absolute atomic E-state index is 0.368. The Balaban J connectivity index is 1.56. The molecule has 0 aliphatic carbocycles. The van der Waals surface area contributed by atoms with Crippen molar-refractivity contribution in [1.82, 2.24) is 20.2 Å². The SMILES string of the molecule is C[C@@H](Oc1ccc2[nH]nc(/C=C/c3ccc(N=S(C)(C)=O)nc3)c2c1)c1c(Cl)cncc1Cl. The van der Waals surface area contributed by atoms with Crippen molar-refractivity contribution in [2.45, 2.75) is 13.0 Å². The summed E-state index contributed by atoms with van der Waals surface area (Å²) >= 11 is 12.5. The van der Waals surface area contributed by atoms with Crippen LogP contribution in [0.2, 0.25) is 10.0 Å². The van der Waals surface area contributed by atoms with Crippen LogP contribution in [0.25, 0.3) is 23.1 Å². The van der Waals surface area contributed by atoms with Crippen molar-refractivity contribution in [2.24, 2.45) is 4.36 Å². The maximum Gasteiger partial charge on any atom is 0.161 e. The summed E-state index contributed by atoms with van der Waals surface area (Å²) in [5.74, 6) is 1.10. The highest BCUT2D eigenvalue weighted by Crippen LogP contribution is 2.33. The Morgan fingerprint density at radius 3 is 2.52 bits per heavy atom. The molecule has 170 valence electrons. The van der Waals surface area contributed by atoms with Gasteiger partial charge in [0.15, 0.2) is 5.82 Å². The van der Waals surface area contributed by atoms with Gasteiger partial charge in [0, 0.05) is 51.8 Å². The molecule has 0 aliphatic rings. The van der Waals surface area contributed by atoms with E-state index in [9.17, 15) is 4.21 Å². The summed E-state index contributed by atoms with van der Waals surface area (Å²) in [6, 6.07) is 9.28. The lowest BCUT2D eigenvalue weighted by Gasteiger charge is -2.17. The molecule has 0 unspecified atom stereocenters. The molecule has 0 spiro atoms. The fourth-order valence-corrected chi connectivity index (χ4v) is 4.47. The molecule has 7 nitrogen and oxygen atoms in total. The van der Waals surface area contributed by atoms with Crippen LogP contribution in [-0.2, 0) is 9.73 Å². The number of halogens is 2. The Kier molecular flexibility index (Phi) is 6.69. The molecular formula is C23H21Cl2N5O2S. The van der Waals surface area contributed by atoms with Crippen LogP contribution < -0.4 is 4.74 Å². The van der Waals surface area contributed by atoms with Gasteiger partial charge in [0.05, 0.1) is 21.3 Å². The summed E-state index contributed by atoms with van der Waals surface area (Å²) in [6.07, 6.45) is 11.3. The molecule has 3 heterocycles. The molecule has 1 aromatic carbocycles. The second kappa shape index (κ2) is 9.51. The van der Waals surface area contributed by atoms with Crippen LogP contribution in [-0.4, -0.2) is 36.9 Å². The van der Waals surface area contributed by atoms with Gasteiger partial charge in [0.25, 0.3) is 0 Å². The van der Waals surface area contributed by atoms with Gasteiger partial charge in [-0.3, -0.25) is 10.1 Å². The van der Waals surface area contributed by atoms with Gasteiger partial charge in [-0.15, -0.1) is 0 Å². The molecule has 0 saturated carbocycles. The Hall–Kier alpha value is -2.94. The highest BCUT2D eigenvalue weighted by molar-refractivity contribution is 7.92. The minimum Gasteiger partial charge on any atom is -0.486 e. The van der Waals surface area contributed by atoms with E-state index in [0.29, 0.717) is 27.2 Å². The fourth-order valence-electron chi connectivity index (χ4n) is 3.24. The number of nitrogens with zero attached hydrogens (tertiary/aromatic N) is 4. The third-order valence-corrected chi connectivity index (χ3v) is 5.92. The van der Waals surface area contributed by atoms with Crippen LogP contribution in [0.3, 0.4) is 0 Å². The zero-order valence-corrected chi connectivity index (χ0v) is 20.4. The van der Waals surface area contributed by atoms with Crippen molar-refractivity contribution in [1.29, 1.82) is 0 Å². The van der Waals surface area contributed by atoms with E-state index >= 15 is 0 Å². The number of nitrogens with one attached hydrogen (secondary N) is 1. The molecule has 0 bridgehead atoms. The molecule has 4 aromatic rings. The molecule has 0 radical (unpaired) electrons. The topological polar surface area (TPSA) is 93.1 Å². The van der Waals surface area contributed by atoms with Crippen molar-refractivity contribution in [2.75, 3.05) is 12.5 Å². The highest BCUT2D eigenvalue weighted by Gasteiger charge is 2.16. The first-order valence-electron chi connectivity index (χ1n) is 9.94. The first kappa shape index (κ1) is 23.2. The standard InChI is InChI=1S/C23H21Cl2N5O2S/c1-14(23-18(24)12-26-13-19(23)25)32-16-6-8-21-17(10-16)20(28-29-21)7-4-15-5-9-22(27-11-15)30-33(2,3)31/h4-14H,1-3H3,(H,28,29)/b7-4+/t14-/m1/s1. The number of H-pyrrole nitrogens is 1. The van der Waals surface area contributed by atoms with Crippen LogP contribution in [0.5, 0.6) is 5.75 Å². The Labute approximate surface area is 202 Å². The summed E-state index contributed by atoms with van der Waals surface area (Å²) in [6.45, 7) is 1.88. The van der Waals surface area contributed by atoms with Crippen LogP contribution in [0.15, 0.2) is 53.3 Å². The van der Waals surface area contributed by atoms with Crippen molar-refractivity contribution >= 4 is 61.8 Å². The van der Waals surface area contributed by atoms with Gasteiger partial charge >= 0.3 is 0 Å². The lowest BCUT2D eigenvalue weighted by molar-refractivity contribution is 0.227. The third-order valence-electron chi connectivity index (χ3n) is 4.69. The predicted molar refractivity (Wildman–Crippen MR) is 135 cm³/mol. The van der Waals surface area contributed by atoms with Crippen LogP contribution in [0.4, 0.5) is 5.82 Å². The first-order valence-corrected chi connectivity index (χ1v) is 13.0. The molecule has 0 amide bonds. The van der Waals surface area contributed by atoms with E-state index in [1.165, 1.54) is 0 Å². The largest absolute Gasteiger partial charge is 0.486 e. The molecule has 33 heavy (non-hydrogen) atoms. The molecule has 4 rings (SSSR count). The van der Waals surface area contributed by atoms with Gasteiger partial charge in [-0.2, -0.15) is 9.46 Å². The Morgan fingerprint density at radius 1 is 1.09 bits per heavy atom. The van der Waals surface area contributed by atoms with E-state index in [1.807, 2.05) is 43.3 Å². The maximum absolute atomic E-state index is 11.8. The molecule has 0 saturated heterocycles. The molecule has 1 atom stereocenters. The number of aromatic nitrogens is 4. The van der Waals surface area contributed by atoms with E-state index in [4.69, 9.17) is 27.9 Å². The quantitative estimate of drug-likeness (QED) is 0.333. The number of fused-ring (bicyclic) bond motifs is 1. The van der Waals surface area contributed by atoms with Crippen LogP contribution in [0, 0.1) is 0 Å². The Morgan fingerprint density at radius 2 is 1.85 bits per heavy atom. The number of hydrogen-bond acceptors (Lipinski definition) is 6. The highest BCUT2D eigenvalue weighted by atomic mass is 35.5. The maximum atomic E-state index is 11.8. The van der Waals surface area contributed by atoms with Gasteiger partial charge in [-0.05, 0) is 48.9 Å². The van der Waals surface area contributed by atoms with Gasteiger partial charge in [-0.25, -0.2) is 9.19 Å². The van der Waals surface area contributed by atoms with E-state index in [1.54, 1.807) is 37.2 Å². The summed E-state index contributed by atoms with van der Waals surface area (Å²) in [4.78, 5) is 8.23. The minimum atomic E-state index is -2.25. The summed E-state index contributed by atoms with van der Waals surface area (Å²) < 4.78 is 22.0. The average molecular weight is 502 g/mol. The number of ether oxygens (including phenoxy) is 1. The van der Waals surface area contributed by atoms with Gasteiger partial charge in [0.2, 0.25) is 0 Å². The zero-order valence-electron chi connectivity index (χ0n) is 18.1. The predicted octanol–water partition coefficient (Wildman–Crippen LogP) is 6.33. The smallest absolute Gasteiger partial charge is 0.161 e. The number of rotatable bonds is 6. The van der Waals surface area contributed by atoms with E-state index in [2.05, 4.69) is 24.5 Å². The second-order valence-corrected chi connectivity index (χ2v) is 11.0. The number of aromatic amines is 1. The Bertz CT molecular complexity index is 1430. The van der Waals surface area contributed by atoms with Gasteiger partial charge < -0.3 is 4.74 Å². The molecule has 1 N–H and O–H groups in total. The monoisotopic (exact) mass is 501 g/mol. The van der Waals surface area contributed by atoms with Crippen molar-refractivity contribution in [3.05, 3.63) is 75.8 Å². The molecular weight excluding hydrogens is 481 g/mol. The molecule has 0 aliphatic heterocycles. The number of benzene rings is 1. The molecule has 3 aromatic heterocycles. The van der Waals surface area contributed by atoms with Crippen molar-refractivity contribution in [3.63, 3.8) is 0 Å². The van der Waals surface area contributed by atoms with E-state index in [0.717, 1.165) is 22.2 Å². The fraction of sp³-hybridized carbons (Fsp3) is 0.174.